The molecule has 1 aromatic heterocycles. The first kappa shape index (κ1) is 21.1. The first-order valence-electron chi connectivity index (χ1n) is 8.87. The molecule has 0 fully saturated rings. The van der Waals surface area contributed by atoms with E-state index < -0.39 is 23.6 Å². The number of hydrogen-bond acceptors (Lipinski definition) is 4. The van der Waals surface area contributed by atoms with Crippen molar-refractivity contribution in [1.29, 1.82) is 0 Å². The molecule has 1 N–H and O–H groups in total. The normalized spacial score (nSPS) is 11.2. The molecule has 2 aromatic carbocycles. The van der Waals surface area contributed by atoms with Crippen LogP contribution in [0.2, 0.25) is 0 Å². The Hall–Kier alpha value is -3.62. The molecule has 3 aromatic rings. The van der Waals surface area contributed by atoms with Crippen LogP contribution in [0.3, 0.4) is 0 Å². The molecule has 0 saturated heterocycles. The molecule has 0 aliphatic carbocycles. The molecule has 0 unspecified atom stereocenters. The largest absolute Gasteiger partial charge is 0.465 e. The van der Waals surface area contributed by atoms with E-state index in [4.69, 9.17) is 0 Å². The van der Waals surface area contributed by atoms with Gasteiger partial charge in [-0.1, -0.05) is 12.1 Å². The summed E-state index contributed by atoms with van der Waals surface area (Å²) < 4.78 is 44.8. The summed E-state index contributed by atoms with van der Waals surface area (Å²) in [7, 11) is 1.26. The fraction of sp³-hybridized carbons (Fsp3) is 0.190. The molecule has 9 heteroatoms. The average Bonchev–Trinajstić information content (AvgIpc) is 3.05. The molecular weight excluding hydrogens is 399 g/mol. The second kappa shape index (κ2) is 8.40. The standard InChI is InChI=1S/C21H18F3N3O3/c1-13-10-18(25-19(28)15-6-8-16(9-7-15)20(29)30-2)26-27(13)12-14-4-3-5-17(11-14)21(22,23)24/h3-11H,12H2,1-2H3,(H,25,26,28). The predicted molar refractivity (Wildman–Crippen MR) is 103 cm³/mol. The summed E-state index contributed by atoms with van der Waals surface area (Å²) in [6.45, 7) is 1.86. The Bertz CT molecular complexity index is 1070. The number of esters is 1. The van der Waals surface area contributed by atoms with Gasteiger partial charge in [0, 0.05) is 17.3 Å². The summed E-state index contributed by atoms with van der Waals surface area (Å²) in [5.41, 5.74) is 1.01. The maximum Gasteiger partial charge on any atom is 0.416 e. The van der Waals surface area contributed by atoms with Crippen LogP contribution < -0.4 is 5.32 Å². The van der Waals surface area contributed by atoms with Crippen molar-refractivity contribution in [3.05, 3.63) is 82.5 Å². The quantitative estimate of drug-likeness (QED) is 0.629. The van der Waals surface area contributed by atoms with Crippen molar-refractivity contribution in [2.24, 2.45) is 0 Å². The van der Waals surface area contributed by atoms with Crippen LogP contribution in [0.4, 0.5) is 19.0 Å². The Morgan fingerprint density at radius 2 is 1.73 bits per heavy atom. The second-order valence-electron chi connectivity index (χ2n) is 6.55. The average molecular weight is 417 g/mol. The third kappa shape index (κ3) is 4.86. The van der Waals surface area contributed by atoms with Crippen LogP contribution in [0.25, 0.3) is 0 Å². The van der Waals surface area contributed by atoms with Gasteiger partial charge in [0.2, 0.25) is 0 Å². The molecule has 0 saturated carbocycles. The predicted octanol–water partition coefficient (Wildman–Crippen LogP) is 4.30. The van der Waals surface area contributed by atoms with Gasteiger partial charge in [-0.2, -0.15) is 18.3 Å². The summed E-state index contributed by atoms with van der Waals surface area (Å²) >= 11 is 0. The van der Waals surface area contributed by atoms with Crippen molar-refractivity contribution in [3.8, 4) is 0 Å². The van der Waals surface area contributed by atoms with Crippen LogP contribution in [0.5, 0.6) is 0 Å². The summed E-state index contributed by atoms with van der Waals surface area (Å²) in [5.74, 6) is -0.678. The molecule has 30 heavy (non-hydrogen) atoms. The topological polar surface area (TPSA) is 73.2 Å². The molecule has 0 aliphatic rings. The van der Waals surface area contributed by atoms with Crippen LogP contribution in [0.1, 0.15) is 37.5 Å². The molecule has 6 nitrogen and oxygen atoms in total. The Kier molecular flexibility index (Phi) is 5.91. The molecule has 156 valence electrons. The molecule has 0 aliphatic heterocycles. The number of carbonyl (C=O) groups excluding carboxylic acids is 2. The van der Waals surface area contributed by atoms with E-state index in [-0.39, 0.29) is 12.4 Å². The lowest BCUT2D eigenvalue weighted by Crippen LogP contribution is -2.13. The van der Waals surface area contributed by atoms with E-state index >= 15 is 0 Å². The minimum atomic E-state index is -4.42. The fourth-order valence-corrected chi connectivity index (χ4v) is 2.81. The van der Waals surface area contributed by atoms with Crippen LogP contribution >= 0.6 is 0 Å². The van der Waals surface area contributed by atoms with Gasteiger partial charge in [0.15, 0.2) is 5.82 Å². The number of hydrogen-bond donors (Lipinski definition) is 1. The van der Waals surface area contributed by atoms with Crippen molar-refractivity contribution < 1.29 is 27.5 Å². The summed E-state index contributed by atoms with van der Waals surface area (Å²) in [6, 6.07) is 12.5. The number of carbonyl (C=O) groups is 2. The highest BCUT2D eigenvalue weighted by Gasteiger charge is 2.30. The SMILES string of the molecule is COC(=O)c1ccc(C(=O)Nc2cc(C)n(Cc3cccc(C(F)(F)F)c3)n2)cc1. The Morgan fingerprint density at radius 3 is 2.37 bits per heavy atom. The van der Waals surface area contributed by atoms with Gasteiger partial charge in [-0.3, -0.25) is 9.48 Å². The van der Waals surface area contributed by atoms with Crippen molar-refractivity contribution in [1.82, 2.24) is 9.78 Å². The summed E-state index contributed by atoms with van der Waals surface area (Å²) in [5, 5.41) is 6.89. The molecule has 0 atom stereocenters. The number of benzene rings is 2. The molecule has 1 heterocycles. The number of halogens is 3. The van der Waals surface area contributed by atoms with E-state index in [0.29, 0.717) is 22.4 Å². The molecule has 1 amide bonds. The lowest BCUT2D eigenvalue weighted by molar-refractivity contribution is -0.137. The number of nitrogens with one attached hydrogen (secondary N) is 1. The van der Waals surface area contributed by atoms with Gasteiger partial charge in [-0.25, -0.2) is 4.79 Å². The lowest BCUT2D eigenvalue weighted by Gasteiger charge is -2.09. The number of nitrogens with zero attached hydrogens (tertiary/aromatic N) is 2. The number of alkyl halides is 3. The van der Waals surface area contributed by atoms with Crippen LogP contribution in [-0.4, -0.2) is 28.8 Å². The van der Waals surface area contributed by atoms with Crippen molar-refractivity contribution in [2.45, 2.75) is 19.6 Å². The van der Waals surface area contributed by atoms with Crippen molar-refractivity contribution >= 4 is 17.7 Å². The van der Waals surface area contributed by atoms with Crippen LogP contribution in [0.15, 0.2) is 54.6 Å². The highest BCUT2D eigenvalue weighted by Crippen LogP contribution is 2.29. The van der Waals surface area contributed by atoms with Crippen LogP contribution in [-0.2, 0) is 17.5 Å². The van der Waals surface area contributed by atoms with Gasteiger partial charge in [-0.05, 0) is 48.9 Å². The van der Waals surface area contributed by atoms with E-state index in [1.165, 1.54) is 42.1 Å². The number of rotatable bonds is 5. The van der Waals surface area contributed by atoms with Gasteiger partial charge in [-0.15, -0.1) is 0 Å². The van der Waals surface area contributed by atoms with Crippen molar-refractivity contribution in [2.75, 3.05) is 12.4 Å². The number of amides is 1. The fourth-order valence-electron chi connectivity index (χ4n) is 2.81. The zero-order valence-electron chi connectivity index (χ0n) is 16.2. The number of aryl methyl sites for hydroxylation is 1. The number of anilines is 1. The van der Waals surface area contributed by atoms with Gasteiger partial charge < -0.3 is 10.1 Å². The maximum absolute atomic E-state index is 12.9. The molecule has 0 spiro atoms. The zero-order valence-corrected chi connectivity index (χ0v) is 16.2. The minimum absolute atomic E-state index is 0.124. The molecule has 0 bridgehead atoms. The van der Waals surface area contributed by atoms with E-state index in [1.807, 2.05) is 0 Å². The molecule has 3 rings (SSSR count). The Labute approximate surface area is 170 Å². The highest BCUT2D eigenvalue weighted by atomic mass is 19.4. The Balaban J connectivity index is 1.72. The maximum atomic E-state index is 12.9. The van der Waals surface area contributed by atoms with Crippen molar-refractivity contribution in [3.63, 3.8) is 0 Å². The third-order valence-corrected chi connectivity index (χ3v) is 4.38. The lowest BCUT2D eigenvalue weighted by atomic mass is 10.1. The van der Waals surface area contributed by atoms with Gasteiger partial charge in [0.25, 0.3) is 5.91 Å². The van der Waals surface area contributed by atoms with E-state index in [0.717, 1.165) is 12.1 Å². The molecular formula is C21H18F3N3O3. The number of methoxy groups -OCH3 is 1. The van der Waals surface area contributed by atoms with Crippen LogP contribution in [0, 0.1) is 6.92 Å². The van der Waals surface area contributed by atoms with Gasteiger partial charge in [0.1, 0.15) is 0 Å². The smallest absolute Gasteiger partial charge is 0.416 e. The second-order valence-corrected chi connectivity index (χ2v) is 6.55. The van der Waals surface area contributed by atoms with Gasteiger partial charge in [0.05, 0.1) is 24.8 Å². The van der Waals surface area contributed by atoms with E-state index in [9.17, 15) is 22.8 Å². The summed E-state index contributed by atoms with van der Waals surface area (Å²) in [4.78, 5) is 23.9. The monoisotopic (exact) mass is 417 g/mol. The number of ether oxygens (including phenoxy) is 1. The first-order valence-corrected chi connectivity index (χ1v) is 8.87. The van der Waals surface area contributed by atoms with E-state index in [2.05, 4.69) is 15.2 Å². The van der Waals surface area contributed by atoms with E-state index in [1.54, 1.807) is 19.1 Å². The Morgan fingerprint density at radius 1 is 1.07 bits per heavy atom. The first-order chi connectivity index (χ1) is 14.2. The number of aromatic nitrogens is 2. The molecule has 0 radical (unpaired) electrons. The van der Waals surface area contributed by atoms with Gasteiger partial charge >= 0.3 is 12.1 Å². The highest BCUT2D eigenvalue weighted by molar-refractivity contribution is 6.04. The minimum Gasteiger partial charge on any atom is -0.465 e. The zero-order chi connectivity index (χ0) is 21.9. The third-order valence-electron chi connectivity index (χ3n) is 4.38. The summed E-state index contributed by atoms with van der Waals surface area (Å²) in [6.07, 6.45) is -4.42.